The van der Waals surface area contributed by atoms with Crippen LogP contribution in [0.3, 0.4) is 0 Å². The van der Waals surface area contributed by atoms with E-state index in [0.29, 0.717) is 38.8 Å². The van der Waals surface area contributed by atoms with Gasteiger partial charge in [0.2, 0.25) is 0 Å². The van der Waals surface area contributed by atoms with Gasteiger partial charge in [-0.1, -0.05) is 23.7 Å². The maximum atomic E-state index is 14.0. The zero-order valence-electron chi connectivity index (χ0n) is 13.4. The fourth-order valence-corrected chi connectivity index (χ4v) is 2.78. The summed E-state index contributed by atoms with van der Waals surface area (Å²) in [6, 6.07) is 17.4. The molecular weight excluding hydrogens is 356 g/mol. The third-order valence-corrected chi connectivity index (χ3v) is 4.12. The number of para-hydroxylation sites is 1. The molecule has 0 spiro atoms. The van der Waals surface area contributed by atoms with Gasteiger partial charge in [-0.3, -0.25) is 0 Å². The summed E-state index contributed by atoms with van der Waals surface area (Å²) in [5, 5.41) is 4.24. The van der Waals surface area contributed by atoms with Crippen LogP contribution in [0.4, 0.5) is 20.3 Å². The van der Waals surface area contributed by atoms with Crippen molar-refractivity contribution in [3.63, 3.8) is 0 Å². The molecule has 6 heteroatoms. The standard InChI is InChI=1S/C20H12ClF2N3/c21-13-7-10-15-18(11-13)25-19(12-5-8-14(22)9-6-12)26-20(15)24-17-4-2-1-3-16(17)23/h1-11H,(H,24,25,26). The summed E-state index contributed by atoms with van der Waals surface area (Å²) in [5.74, 6) is 0.0912. The van der Waals surface area contributed by atoms with E-state index in [1.54, 1.807) is 48.5 Å². The molecule has 0 unspecified atom stereocenters. The molecule has 0 bridgehead atoms. The summed E-state index contributed by atoms with van der Waals surface area (Å²) < 4.78 is 27.2. The lowest BCUT2D eigenvalue weighted by Gasteiger charge is -2.12. The van der Waals surface area contributed by atoms with Gasteiger partial charge in [0.1, 0.15) is 17.5 Å². The number of nitrogens with one attached hydrogen (secondary N) is 1. The topological polar surface area (TPSA) is 37.8 Å². The summed E-state index contributed by atoms with van der Waals surface area (Å²) in [6.45, 7) is 0. The number of anilines is 2. The lowest BCUT2D eigenvalue weighted by atomic mass is 10.1. The minimum Gasteiger partial charge on any atom is -0.337 e. The van der Waals surface area contributed by atoms with Gasteiger partial charge >= 0.3 is 0 Å². The molecule has 1 N–H and O–H groups in total. The molecule has 3 nitrogen and oxygen atoms in total. The van der Waals surface area contributed by atoms with E-state index < -0.39 is 5.82 Å². The van der Waals surface area contributed by atoms with E-state index in [0.717, 1.165) is 0 Å². The first-order chi connectivity index (χ1) is 12.6. The van der Waals surface area contributed by atoms with Crippen molar-refractivity contribution in [3.05, 3.63) is 83.4 Å². The number of aromatic nitrogens is 2. The molecule has 3 aromatic carbocycles. The number of fused-ring (bicyclic) bond motifs is 1. The average molecular weight is 368 g/mol. The highest BCUT2D eigenvalue weighted by atomic mass is 35.5. The number of hydrogen-bond donors (Lipinski definition) is 1. The van der Waals surface area contributed by atoms with Gasteiger partial charge in [0.15, 0.2) is 5.82 Å². The van der Waals surface area contributed by atoms with Crippen LogP contribution in [0.25, 0.3) is 22.3 Å². The Morgan fingerprint density at radius 3 is 2.38 bits per heavy atom. The van der Waals surface area contributed by atoms with Crippen molar-refractivity contribution >= 4 is 34.0 Å². The van der Waals surface area contributed by atoms with Crippen molar-refractivity contribution in [2.45, 2.75) is 0 Å². The Kier molecular flexibility index (Phi) is 4.22. The van der Waals surface area contributed by atoms with E-state index in [1.807, 2.05) is 0 Å². The quantitative estimate of drug-likeness (QED) is 0.484. The van der Waals surface area contributed by atoms with E-state index in [4.69, 9.17) is 11.6 Å². The molecule has 0 aliphatic heterocycles. The molecule has 0 saturated heterocycles. The van der Waals surface area contributed by atoms with Crippen molar-refractivity contribution in [1.82, 2.24) is 9.97 Å². The first-order valence-electron chi connectivity index (χ1n) is 7.85. The van der Waals surface area contributed by atoms with Crippen molar-refractivity contribution in [2.75, 3.05) is 5.32 Å². The zero-order valence-corrected chi connectivity index (χ0v) is 14.1. The normalized spacial score (nSPS) is 10.9. The van der Waals surface area contributed by atoms with Crippen LogP contribution in [0.2, 0.25) is 5.02 Å². The zero-order chi connectivity index (χ0) is 18.1. The predicted octanol–water partition coefficient (Wildman–Crippen LogP) is 5.97. The molecule has 1 aromatic heterocycles. The molecule has 4 rings (SSSR count). The Bertz CT molecular complexity index is 1100. The summed E-state index contributed by atoms with van der Waals surface area (Å²) in [5.41, 5.74) is 1.54. The molecular formula is C20H12ClF2N3. The van der Waals surface area contributed by atoms with Gasteiger partial charge < -0.3 is 5.32 Å². The second-order valence-corrected chi connectivity index (χ2v) is 6.11. The summed E-state index contributed by atoms with van der Waals surface area (Å²) in [7, 11) is 0. The molecule has 0 amide bonds. The fraction of sp³-hybridized carbons (Fsp3) is 0. The fourth-order valence-electron chi connectivity index (χ4n) is 2.62. The highest BCUT2D eigenvalue weighted by Gasteiger charge is 2.12. The lowest BCUT2D eigenvalue weighted by molar-refractivity contribution is 0.628. The molecule has 0 aliphatic rings. The van der Waals surface area contributed by atoms with E-state index in [-0.39, 0.29) is 5.82 Å². The van der Waals surface area contributed by atoms with E-state index in [9.17, 15) is 8.78 Å². The molecule has 26 heavy (non-hydrogen) atoms. The number of benzene rings is 3. The highest BCUT2D eigenvalue weighted by Crippen LogP contribution is 2.29. The monoisotopic (exact) mass is 367 g/mol. The van der Waals surface area contributed by atoms with Gasteiger partial charge in [-0.25, -0.2) is 18.7 Å². The molecule has 0 aliphatic carbocycles. The Balaban J connectivity index is 1.89. The summed E-state index contributed by atoms with van der Waals surface area (Å²) in [4.78, 5) is 9.02. The van der Waals surface area contributed by atoms with Crippen molar-refractivity contribution < 1.29 is 8.78 Å². The van der Waals surface area contributed by atoms with Crippen LogP contribution in [-0.2, 0) is 0 Å². The first kappa shape index (κ1) is 16.4. The number of nitrogens with zero attached hydrogens (tertiary/aromatic N) is 2. The smallest absolute Gasteiger partial charge is 0.162 e. The SMILES string of the molecule is Fc1ccc(-c2nc(Nc3ccccc3F)c3ccc(Cl)cc3n2)cc1. The van der Waals surface area contributed by atoms with Gasteiger partial charge in [0.25, 0.3) is 0 Å². The van der Waals surface area contributed by atoms with Crippen LogP contribution in [0.5, 0.6) is 0 Å². The van der Waals surface area contributed by atoms with E-state index >= 15 is 0 Å². The average Bonchev–Trinajstić information content (AvgIpc) is 2.63. The lowest BCUT2D eigenvalue weighted by Crippen LogP contribution is -2.01. The number of rotatable bonds is 3. The largest absolute Gasteiger partial charge is 0.337 e. The molecule has 128 valence electrons. The third kappa shape index (κ3) is 3.21. The minimum absolute atomic E-state index is 0.299. The Morgan fingerprint density at radius 1 is 0.846 bits per heavy atom. The summed E-state index contributed by atoms with van der Waals surface area (Å²) >= 11 is 6.09. The molecule has 0 saturated carbocycles. The van der Waals surface area contributed by atoms with Crippen LogP contribution in [0.1, 0.15) is 0 Å². The molecule has 4 aromatic rings. The Morgan fingerprint density at radius 2 is 1.62 bits per heavy atom. The third-order valence-electron chi connectivity index (χ3n) is 3.89. The van der Waals surface area contributed by atoms with Gasteiger partial charge in [-0.2, -0.15) is 0 Å². The number of hydrogen-bond acceptors (Lipinski definition) is 3. The van der Waals surface area contributed by atoms with E-state index in [1.165, 1.54) is 18.2 Å². The molecule has 1 heterocycles. The Labute approximate surface area is 153 Å². The second kappa shape index (κ2) is 6.69. The maximum Gasteiger partial charge on any atom is 0.162 e. The van der Waals surface area contributed by atoms with Crippen molar-refractivity contribution in [1.29, 1.82) is 0 Å². The minimum atomic E-state index is -0.392. The van der Waals surface area contributed by atoms with Crippen molar-refractivity contribution in [2.24, 2.45) is 0 Å². The van der Waals surface area contributed by atoms with E-state index in [2.05, 4.69) is 15.3 Å². The Hall–Kier alpha value is -3.05. The number of halogens is 3. The van der Waals surface area contributed by atoms with Gasteiger partial charge in [-0.05, 0) is 54.6 Å². The van der Waals surface area contributed by atoms with Crippen LogP contribution < -0.4 is 5.32 Å². The van der Waals surface area contributed by atoms with Gasteiger partial charge in [-0.15, -0.1) is 0 Å². The first-order valence-corrected chi connectivity index (χ1v) is 8.23. The maximum absolute atomic E-state index is 14.0. The van der Waals surface area contributed by atoms with Crippen LogP contribution in [-0.4, -0.2) is 9.97 Å². The molecule has 0 radical (unpaired) electrons. The van der Waals surface area contributed by atoms with Gasteiger partial charge in [0, 0.05) is 16.0 Å². The highest BCUT2D eigenvalue weighted by molar-refractivity contribution is 6.31. The predicted molar refractivity (Wildman–Crippen MR) is 99.6 cm³/mol. The molecule has 0 fully saturated rings. The van der Waals surface area contributed by atoms with Crippen molar-refractivity contribution in [3.8, 4) is 11.4 Å². The second-order valence-electron chi connectivity index (χ2n) is 5.67. The summed E-state index contributed by atoms with van der Waals surface area (Å²) in [6.07, 6.45) is 0. The van der Waals surface area contributed by atoms with Crippen LogP contribution in [0.15, 0.2) is 66.7 Å². The van der Waals surface area contributed by atoms with Crippen LogP contribution >= 0.6 is 11.6 Å². The van der Waals surface area contributed by atoms with Gasteiger partial charge in [0.05, 0.1) is 11.2 Å². The molecule has 0 atom stereocenters. The van der Waals surface area contributed by atoms with Crippen LogP contribution in [0, 0.1) is 11.6 Å².